The van der Waals surface area contributed by atoms with E-state index in [0.717, 1.165) is 18.4 Å². The van der Waals surface area contributed by atoms with E-state index >= 15 is 0 Å². The van der Waals surface area contributed by atoms with Crippen LogP contribution in [0.2, 0.25) is 0 Å². The molecule has 1 N–H and O–H groups in total. The second kappa shape index (κ2) is 4.83. The lowest BCUT2D eigenvalue weighted by Gasteiger charge is -2.35. The number of rotatable bonds is 3. The molecule has 2 atom stereocenters. The molecule has 0 radical (unpaired) electrons. The zero-order valence-electron chi connectivity index (χ0n) is 8.64. The Hall–Kier alpha value is -0.0800. The van der Waals surface area contributed by atoms with Gasteiger partial charge in [0.1, 0.15) is 0 Å². The van der Waals surface area contributed by atoms with Gasteiger partial charge in [-0.25, -0.2) is 0 Å². The zero-order chi connectivity index (χ0) is 8.97. The molecule has 0 saturated carbocycles. The van der Waals surface area contributed by atoms with E-state index in [-0.39, 0.29) is 0 Å². The summed E-state index contributed by atoms with van der Waals surface area (Å²) in [5, 5.41) is 3.44. The summed E-state index contributed by atoms with van der Waals surface area (Å²) in [4.78, 5) is 2.45. The molecule has 1 rings (SSSR count). The van der Waals surface area contributed by atoms with E-state index in [4.69, 9.17) is 0 Å². The van der Waals surface area contributed by atoms with Crippen molar-refractivity contribution >= 4 is 0 Å². The van der Waals surface area contributed by atoms with Gasteiger partial charge in [-0.15, -0.1) is 0 Å². The van der Waals surface area contributed by atoms with Crippen molar-refractivity contribution in [2.24, 2.45) is 11.8 Å². The molecule has 0 aliphatic carbocycles. The van der Waals surface area contributed by atoms with Crippen LogP contribution in [-0.4, -0.2) is 38.1 Å². The summed E-state index contributed by atoms with van der Waals surface area (Å²) in [6.45, 7) is 9.42. The van der Waals surface area contributed by atoms with Crippen molar-refractivity contribution < 1.29 is 0 Å². The Bertz CT molecular complexity index is 125. The average Bonchev–Trinajstić information content (AvgIpc) is 2.07. The molecule has 2 nitrogen and oxygen atoms in total. The smallest absolute Gasteiger partial charge is 0.00213 e. The molecule has 1 saturated heterocycles. The van der Waals surface area contributed by atoms with Crippen molar-refractivity contribution in [2.45, 2.75) is 20.3 Å². The van der Waals surface area contributed by atoms with Crippen LogP contribution >= 0.6 is 0 Å². The third-order valence-electron chi connectivity index (χ3n) is 2.97. The minimum absolute atomic E-state index is 0.865. The third-order valence-corrected chi connectivity index (χ3v) is 2.97. The summed E-state index contributed by atoms with van der Waals surface area (Å²) in [5.41, 5.74) is 0. The zero-order valence-corrected chi connectivity index (χ0v) is 8.64. The molecule has 2 heteroatoms. The van der Waals surface area contributed by atoms with Crippen molar-refractivity contribution in [1.82, 2.24) is 10.2 Å². The number of nitrogens with one attached hydrogen (secondary N) is 1. The number of nitrogens with zero attached hydrogens (tertiary/aromatic N) is 1. The molecule has 1 aliphatic heterocycles. The van der Waals surface area contributed by atoms with Crippen molar-refractivity contribution in [3.8, 4) is 0 Å². The van der Waals surface area contributed by atoms with E-state index in [1.807, 2.05) is 0 Å². The molecule has 0 aromatic carbocycles. The molecule has 2 unspecified atom stereocenters. The molecular weight excluding hydrogens is 148 g/mol. The van der Waals surface area contributed by atoms with Gasteiger partial charge < -0.3 is 10.2 Å². The van der Waals surface area contributed by atoms with E-state index in [9.17, 15) is 0 Å². The third kappa shape index (κ3) is 2.76. The molecule has 1 fully saturated rings. The molecule has 72 valence electrons. The molecule has 0 bridgehead atoms. The van der Waals surface area contributed by atoms with Crippen molar-refractivity contribution in [3.63, 3.8) is 0 Å². The van der Waals surface area contributed by atoms with Crippen LogP contribution in [0, 0.1) is 11.8 Å². The van der Waals surface area contributed by atoms with Crippen LogP contribution in [0.1, 0.15) is 20.3 Å². The standard InChI is InChI=1S/C10H22N2/c1-4-11-7-10-8-12(3)6-5-9(10)2/h9-11H,4-8H2,1-3H3. The van der Waals surface area contributed by atoms with Crippen LogP contribution in [0.3, 0.4) is 0 Å². The van der Waals surface area contributed by atoms with Gasteiger partial charge in [-0.2, -0.15) is 0 Å². The van der Waals surface area contributed by atoms with Gasteiger partial charge in [0.2, 0.25) is 0 Å². The van der Waals surface area contributed by atoms with Gasteiger partial charge in [0.25, 0.3) is 0 Å². The largest absolute Gasteiger partial charge is 0.317 e. The highest BCUT2D eigenvalue weighted by molar-refractivity contribution is 4.77. The SMILES string of the molecule is CCNCC1CN(C)CCC1C. The fourth-order valence-electron chi connectivity index (χ4n) is 1.93. The monoisotopic (exact) mass is 170 g/mol. The summed E-state index contributed by atoms with van der Waals surface area (Å²) in [7, 11) is 2.23. The Balaban J connectivity index is 2.28. The Morgan fingerprint density at radius 3 is 2.92 bits per heavy atom. The fraction of sp³-hybridized carbons (Fsp3) is 1.00. The number of hydrogen-bond acceptors (Lipinski definition) is 2. The summed E-state index contributed by atoms with van der Waals surface area (Å²) >= 11 is 0. The first kappa shape index (κ1) is 10.0. The predicted octanol–water partition coefficient (Wildman–Crippen LogP) is 1.18. The average molecular weight is 170 g/mol. The predicted molar refractivity (Wildman–Crippen MR) is 53.3 cm³/mol. The topological polar surface area (TPSA) is 15.3 Å². The molecule has 0 aromatic rings. The highest BCUT2D eigenvalue weighted by atomic mass is 15.1. The van der Waals surface area contributed by atoms with Gasteiger partial charge in [-0.05, 0) is 44.9 Å². The first-order valence-electron chi connectivity index (χ1n) is 5.13. The quantitative estimate of drug-likeness (QED) is 0.684. The van der Waals surface area contributed by atoms with E-state index in [1.165, 1.54) is 26.1 Å². The molecule has 1 aliphatic rings. The Morgan fingerprint density at radius 2 is 2.25 bits per heavy atom. The molecule has 12 heavy (non-hydrogen) atoms. The maximum atomic E-state index is 3.44. The highest BCUT2D eigenvalue weighted by Crippen LogP contribution is 2.21. The molecule has 0 aromatic heterocycles. The summed E-state index contributed by atoms with van der Waals surface area (Å²) < 4.78 is 0. The van der Waals surface area contributed by atoms with E-state index in [0.29, 0.717) is 0 Å². The van der Waals surface area contributed by atoms with Gasteiger partial charge in [-0.3, -0.25) is 0 Å². The molecule has 0 amide bonds. The van der Waals surface area contributed by atoms with Crippen LogP contribution in [-0.2, 0) is 0 Å². The second-order valence-corrected chi connectivity index (χ2v) is 4.10. The lowest BCUT2D eigenvalue weighted by Crippen LogP contribution is -2.41. The highest BCUT2D eigenvalue weighted by Gasteiger charge is 2.23. The van der Waals surface area contributed by atoms with Crippen LogP contribution in [0.15, 0.2) is 0 Å². The normalized spacial score (nSPS) is 32.2. The van der Waals surface area contributed by atoms with Gasteiger partial charge >= 0.3 is 0 Å². The van der Waals surface area contributed by atoms with E-state index in [2.05, 4.69) is 31.1 Å². The lowest BCUT2D eigenvalue weighted by atomic mass is 9.87. The van der Waals surface area contributed by atoms with Crippen LogP contribution in [0.5, 0.6) is 0 Å². The van der Waals surface area contributed by atoms with Gasteiger partial charge in [0.15, 0.2) is 0 Å². The Morgan fingerprint density at radius 1 is 1.50 bits per heavy atom. The fourth-order valence-corrected chi connectivity index (χ4v) is 1.93. The van der Waals surface area contributed by atoms with Crippen LogP contribution in [0.4, 0.5) is 0 Å². The Labute approximate surface area is 76.3 Å². The molecule has 0 spiro atoms. The van der Waals surface area contributed by atoms with Gasteiger partial charge in [0.05, 0.1) is 0 Å². The van der Waals surface area contributed by atoms with Crippen molar-refractivity contribution in [2.75, 3.05) is 33.2 Å². The molecule has 1 heterocycles. The van der Waals surface area contributed by atoms with Crippen LogP contribution in [0.25, 0.3) is 0 Å². The second-order valence-electron chi connectivity index (χ2n) is 4.10. The summed E-state index contributed by atoms with van der Waals surface area (Å²) in [6.07, 6.45) is 1.37. The lowest BCUT2D eigenvalue weighted by molar-refractivity contribution is 0.152. The number of piperidine rings is 1. The first-order valence-corrected chi connectivity index (χ1v) is 5.13. The van der Waals surface area contributed by atoms with Crippen molar-refractivity contribution in [1.29, 1.82) is 0 Å². The maximum absolute atomic E-state index is 3.44. The van der Waals surface area contributed by atoms with E-state index in [1.54, 1.807) is 0 Å². The Kier molecular flexibility index (Phi) is 4.02. The first-order chi connectivity index (χ1) is 5.74. The number of hydrogen-bond donors (Lipinski definition) is 1. The minimum atomic E-state index is 0.865. The minimum Gasteiger partial charge on any atom is -0.317 e. The summed E-state index contributed by atoms with van der Waals surface area (Å²) in [5.74, 6) is 1.77. The number of likely N-dealkylation sites (tertiary alicyclic amines) is 1. The maximum Gasteiger partial charge on any atom is 0.00213 e. The molecular formula is C10H22N2. The van der Waals surface area contributed by atoms with E-state index < -0.39 is 0 Å². The van der Waals surface area contributed by atoms with Crippen LogP contribution < -0.4 is 5.32 Å². The van der Waals surface area contributed by atoms with Gasteiger partial charge in [-0.1, -0.05) is 13.8 Å². The van der Waals surface area contributed by atoms with Gasteiger partial charge in [0, 0.05) is 6.54 Å². The van der Waals surface area contributed by atoms with Crippen molar-refractivity contribution in [3.05, 3.63) is 0 Å². The summed E-state index contributed by atoms with van der Waals surface area (Å²) in [6, 6.07) is 0.